The SMILES string of the molecule is CC(C)C1(N=C=S)CC2(C)C[C@]3(C)CC[C@@H]2[C@@H]1C3. The maximum Gasteiger partial charge on any atom is 0.0770 e. The first-order chi connectivity index (χ1) is 8.35. The van der Waals surface area contributed by atoms with Crippen molar-refractivity contribution < 1.29 is 0 Å². The molecule has 100 valence electrons. The molecule has 18 heavy (non-hydrogen) atoms. The fourth-order valence-electron chi connectivity index (χ4n) is 6.05. The van der Waals surface area contributed by atoms with Gasteiger partial charge in [0.2, 0.25) is 0 Å². The lowest BCUT2D eigenvalue weighted by atomic mass is 9.50. The van der Waals surface area contributed by atoms with Crippen LogP contribution in [0.3, 0.4) is 0 Å². The molecule has 1 nitrogen and oxygen atoms in total. The van der Waals surface area contributed by atoms with Crippen LogP contribution >= 0.6 is 12.2 Å². The van der Waals surface area contributed by atoms with E-state index < -0.39 is 0 Å². The molecule has 2 heteroatoms. The van der Waals surface area contributed by atoms with Gasteiger partial charge in [0.05, 0.1) is 10.7 Å². The first-order valence-corrected chi connectivity index (χ1v) is 7.85. The first-order valence-electron chi connectivity index (χ1n) is 7.44. The second kappa shape index (κ2) is 3.67. The van der Waals surface area contributed by atoms with E-state index in [4.69, 9.17) is 17.2 Å². The summed E-state index contributed by atoms with van der Waals surface area (Å²) >= 11 is 4.97. The van der Waals surface area contributed by atoms with Crippen molar-refractivity contribution in [3.8, 4) is 0 Å². The lowest BCUT2D eigenvalue weighted by Crippen LogP contribution is -2.47. The molecule has 0 radical (unpaired) electrons. The molecule has 0 N–H and O–H groups in total. The van der Waals surface area contributed by atoms with E-state index in [9.17, 15) is 0 Å². The first kappa shape index (κ1) is 12.8. The van der Waals surface area contributed by atoms with Crippen molar-refractivity contribution in [2.75, 3.05) is 0 Å². The Morgan fingerprint density at radius 1 is 1.22 bits per heavy atom. The van der Waals surface area contributed by atoms with Crippen LogP contribution in [0.25, 0.3) is 0 Å². The van der Waals surface area contributed by atoms with Gasteiger partial charge in [-0.2, -0.15) is 0 Å². The Morgan fingerprint density at radius 3 is 2.50 bits per heavy atom. The lowest BCUT2D eigenvalue weighted by Gasteiger charge is -2.55. The highest BCUT2D eigenvalue weighted by Crippen LogP contribution is 2.72. The van der Waals surface area contributed by atoms with Crippen molar-refractivity contribution in [3.05, 3.63) is 0 Å². The largest absolute Gasteiger partial charge is 0.225 e. The Labute approximate surface area is 116 Å². The number of hydrogen-bond acceptors (Lipinski definition) is 2. The molecule has 0 aromatic carbocycles. The minimum atomic E-state index is 0.0966. The zero-order valence-electron chi connectivity index (χ0n) is 12.1. The van der Waals surface area contributed by atoms with Crippen LogP contribution in [0.1, 0.15) is 59.8 Å². The molecule has 2 unspecified atom stereocenters. The van der Waals surface area contributed by atoms with Gasteiger partial charge in [0, 0.05) is 0 Å². The number of fused-ring (bicyclic) bond motifs is 1. The molecule has 4 saturated carbocycles. The molecule has 5 atom stereocenters. The number of isothiocyanates is 1. The third-order valence-electron chi connectivity index (χ3n) is 6.57. The van der Waals surface area contributed by atoms with Crippen LogP contribution in [0.4, 0.5) is 0 Å². The zero-order chi connectivity index (χ0) is 13.2. The van der Waals surface area contributed by atoms with Gasteiger partial charge >= 0.3 is 0 Å². The van der Waals surface area contributed by atoms with Crippen molar-refractivity contribution in [1.29, 1.82) is 0 Å². The average Bonchev–Trinajstić information content (AvgIpc) is 2.44. The molecule has 0 aliphatic heterocycles. The molecule has 4 rings (SSSR count). The van der Waals surface area contributed by atoms with Crippen LogP contribution in [0, 0.1) is 28.6 Å². The predicted octanol–water partition coefficient (Wildman–Crippen LogP) is 4.72. The summed E-state index contributed by atoms with van der Waals surface area (Å²) < 4.78 is 0. The van der Waals surface area contributed by atoms with Gasteiger partial charge in [0.1, 0.15) is 0 Å². The fourth-order valence-corrected chi connectivity index (χ4v) is 6.22. The third-order valence-corrected chi connectivity index (χ3v) is 6.66. The van der Waals surface area contributed by atoms with Crippen LogP contribution in [0.5, 0.6) is 0 Å². The highest BCUT2D eigenvalue weighted by Gasteiger charge is 2.67. The van der Waals surface area contributed by atoms with Gasteiger partial charge in [-0.3, -0.25) is 0 Å². The molecule has 0 saturated heterocycles. The highest BCUT2D eigenvalue weighted by atomic mass is 32.1. The quantitative estimate of drug-likeness (QED) is 0.518. The summed E-state index contributed by atoms with van der Waals surface area (Å²) in [5, 5.41) is 2.74. The van der Waals surface area contributed by atoms with Crippen LogP contribution in [0.2, 0.25) is 0 Å². The summed E-state index contributed by atoms with van der Waals surface area (Å²) in [4.78, 5) is 4.76. The predicted molar refractivity (Wildman–Crippen MR) is 78.9 cm³/mol. The normalized spacial score (nSPS) is 53.6. The van der Waals surface area contributed by atoms with E-state index in [-0.39, 0.29) is 5.54 Å². The number of nitrogens with zero attached hydrogens (tertiary/aromatic N) is 1. The van der Waals surface area contributed by atoms with E-state index in [1.165, 1.54) is 32.1 Å². The molecule has 0 spiro atoms. The van der Waals surface area contributed by atoms with E-state index in [0.717, 1.165) is 11.8 Å². The summed E-state index contributed by atoms with van der Waals surface area (Å²) in [6.45, 7) is 9.68. The van der Waals surface area contributed by atoms with Crippen LogP contribution in [0.15, 0.2) is 4.99 Å². The van der Waals surface area contributed by atoms with E-state index in [2.05, 4.69) is 32.9 Å². The van der Waals surface area contributed by atoms with Gasteiger partial charge in [-0.15, -0.1) is 0 Å². The number of hydrogen-bond donors (Lipinski definition) is 0. The Morgan fingerprint density at radius 2 is 1.94 bits per heavy atom. The Balaban J connectivity index is 2.10. The maximum absolute atomic E-state index is 4.97. The van der Waals surface area contributed by atoms with Crippen molar-refractivity contribution in [2.45, 2.75) is 65.3 Å². The molecule has 0 aromatic heterocycles. The van der Waals surface area contributed by atoms with Crippen LogP contribution in [-0.4, -0.2) is 10.7 Å². The van der Waals surface area contributed by atoms with Gasteiger partial charge in [-0.1, -0.05) is 27.7 Å². The smallest absolute Gasteiger partial charge is 0.0770 e. The molecule has 0 heterocycles. The van der Waals surface area contributed by atoms with Gasteiger partial charge in [-0.25, -0.2) is 4.99 Å². The zero-order valence-corrected chi connectivity index (χ0v) is 12.9. The van der Waals surface area contributed by atoms with Crippen LogP contribution in [-0.2, 0) is 0 Å². The van der Waals surface area contributed by atoms with Crippen molar-refractivity contribution in [2.24, 2.45) is 33.6 Å². The molecule has 4 fully saturated rings. The minimum Gasteiger partial charge on any atom is -0.225 e. The molecule has 4 aliphatic rings. The molecule has 0 amide bonds. The number of aliphatic imine (C=N–C) groups is 1. The van der Waals surface area contributed by atoms with E-state index >= 15 is 0 Å². The Kier molecular flexibility index (Phi) is 2.61. The van der Waals surface area contributed by atoms with Crippen LogP contribution < -0.4 is 0 Å². The summed E-state index contributed by atoms with van der Waals surface area (Å²) in [5.74, 6) is 2.22. The molecular weight excluding hydrogens is 238 g/mol. The summed E-state index contributed by atoms with van der Waals surface area (Å²) in [6.07, 6.45) is 6.86. The Hall–Kier alpha value is -0.200. The Bertz CT molecular complexity index is 425. The van der Waals surface area contributed by atoms with Crippen molar-refractivity contribution in [3.63, 3.8) is 0 Å². The summed E-state index contributed by atoms with van der Waals surface area (Å²) in [7, 11) is 0. The minimum absolute atomic E-state index is 0.0966. The van der Waals surface area contributed by atoms with Gasteiger partial charge in [0.25, 0.3) is 0 Å². The monoisotopic (exact) mass is 263 g/mol. The maximum atomic E-state index is 4.97. The van der Waals surface area contributed by atoms with E-state index in [0.29, 0.717) is 16.7 Å². The summed E-state index contributed by atoms with van der Waals surface area (Å²) in [6, 6.07) is 0. The van der Waals surface area contributed by atoms with Gasteiger partial charge in [-0.05, 0) is 72.9 Å². The number of rotatable bonds is 2. The average molecular weight is 263 g/mol. The number of thiocarbonyl (C=S) groups is 1. The molecule has 4 bridgehead atoms. The fraction of sp³-hybridized carbons (Fsp3) is 0.938. The van der Waals surface area contributed by atoms with Gasteiger partial charge < -0.3 is 0 Å². The lowest BCUT2D eigenvalue weighted by molar-refractivity contribution is -0.0460. The molecule has 4 aliphatic carbocycles. The van der Waals surface area contributed by atoms with E-state index in [1.54, 1.807) is 0 Å². The van der Waals surface area contributed by atoms with Crippen molar-refractivity contribution in [1.82, 2.24) is 0 Å². The molecular formula is C16H25NS. The van der Waals surface area contributed by atoms with E-state index in [1.807, 2.05) is 0 Å². The van der Waals surface area contributed by atoms with Crippen molar-refractivity contribution >= 4 is 17.4 Å². The summed E-state index contributed by atoms with van der Waals surface area (Å²) in [5.41, 5.74) is 1.18. The topological polar surface area (TPSA) is 12.4 Å². The second-order valence-electron chi connectivity index (χ2n) is 8.12. The molecule has 0 aromatic rings. The highest BCUT2D eigenvalue weighted by molar-refractivity contribution is 7.78. The van der Waals surface area contributed by atoms with Gasteiger partial charge in [0.15, 0.2) is 0 Å². The standard InChI is InChI=1S/C16H25NS/c1-11(2)16(17-10-18)9-15(4)8-14(3)6-5-12(15)13(16)7-14/h11-13H,5-9H2,1-4H3/t12-,13+,14-,15?,16?/m1/s1. The third kappa shape index (κ3) is 1.45. The second-order valence-corrected chi connectivity index (χ2v) is 8.31.